The van der Waals surface area contributed by atoms with Gasteiger partial charge in [0.1, 0.15) is 11.6 Å². The third-order valence-corrected chi connectivity index (χ3v) is 6.18. The third kappa shape index (κ3) is 2.58. The molecular formula is C28H20N4. The average molecular weight is 412 g/mol. The summed E-state index contributed by atoms with van der Waals surface area (Å²) in [6, 6.07) is 27.2. The molecule has 3 aromatic carbocycles. The average Bonchev–Trinajstić information content (AvgIpc) is 3.23. The van der Waals surface area contributed by atoms with Crippen LogP contribution in [0.3, 0.4) is 0 Å². The Hall–Kier alpha value is -4.36. The quantitative estimate of drug-likeness (QED) is 0.337. The van der Waals surface area contributed by atoms with E-state index in [1.54, 1.807) is 0 Å². The molecule has 3 heterocycles. The molecular weight excluding hydrogens is 392 g/mol. The highest BCUT2D eigenvalue weighted by Gasteiger charge is 2.20. The van der Waals surface area contributed by atoms with Gasteiger partial charge in [0.2, 0.25) is 0 Å². The van der Waals surface area contributed by atoms with E-state index in [1.807, 2.05) is 30.3 Å². The van der Waals surface area contributed by atoms with E-state index in [2.05, 4.69) is 83.0 Å². The summed E-state index contributed by atoms with van der Waals surface area (Å²) in [7, 11) is 0. The van der Waals surface area contributed by atoms with Gasteiger partial charge in [-0.1, -0.05) is 54.6 Å². The van der Waals surface area contributed by atoms with E-state index in [0.29, 0.717) is 11.2 Å². The largest absolute Gasteiger partial charge is 0.341 e. The van der Waals surface area contributed by atoms with Crippen LogP contribution in [-0.4, -0.2) is 15.9 Å². The fourth-order valence-electron chi connectivity index (χ4n) is 4.75. The van der Waals surface area contributed by atoms with E-state index < -0.39 is 0 Å². The van der Waals surface area contributed by atoms with E-state index in [4.69, 9.17) is 4.98 Å². The smallest absolute Gasteiger partial charge is 0.157 e. The second-order valence-electron chi connectivity index (χ2n) is 7.88. The van der Waals surface area contributed by atoms with Gasteiger partial charge < -0.3 is 4.90 Å². The summed E-state index contributed by atoms with van der Waals surface area (Å²) >= 11 is 0. The van der Waals surface area contributed by atoms with E-state index in [1.165, 1.54) is 11.3 Å². The Balaban J connectivity index is 1.70. The summed E-state index contributed by atoms with van der Waals surface area (Å²) in [6.45, 7) is 2.99. The molecule has 0 aliphatic carbocycles. The maximum Gasteiger partial charge on any atom is 0.157 e. The molecule has 6 rings (SSSR count). The molecule has 0 fully saturated rings. The van der Waals surface area contributed by atoms with Gasteiger partial charge in [-0.25, -0.2) is 4.98 Å². The summed E-state index contributed by atoms with van der Waals surface area (Å²) in [5, 5.41) is 11.3. The highest BCUT2D eigenvalue weighted by molar-refractivity contribution is 6.00. The summed E-state index contributed by atoms with van der Waals surface area (Å²) in [4.78, 5) is 7.13. The van der Waals surface area contributed by atoms with Crippen LogP contribution in [0.5, 0.6) is 0 Å². The molecule has 152 valence electrons. The first-order valence-corrected chi connectivity index (χ1v) is 10.8. The molecule has 0 saturated carbocycles. The number of hydrogen-bond donors (Lipinski definition) is 0. The van der Waals surface area contributed by atoms with Crippen molar-refractivity contribution in [2.45, 2.75) is 6.92 Å². The summed E-state index contributed by atoms with van der Waals surface area (Å²) in [5.74, 6) is 0. The molecule has 4 nitrogen and oxygen atoms in total. The van der Waals surface area contributed by atoms with E-state index >= 15 is 0 Å². The zero-order valence-corrected chi connectivity index (χ0v) is 17.7. The van der Waals surface area contributed by atoms with Crippen molar-refractivity contribution in [3.8, 4) is 6.07 Å². The number of aromatic nitrogens is 2. The lowest BCUT2D eigenvalue weighted by atomic mass is 9.99. The van der Waals surface area contributed by atoms with Crippen LogP contribution in [0.15, 0.2) is 84.6 Å². The lowest BCUT2D eigenvalue weighted by Gasteiger charge is -2.29. The minimum absolute atomic E-state index is 0.593. The Morgan fingerprint density at radius 2 is 1.66 bits per heavy atom. The Morgan fingerprint density at radius 1 is 0.906 bits per heavy atom. The van der Waals surface area contributed by atoms with Crippen molar-refractivity contribution in [1.29, 1.82) is 5.26 Å². The van der Waals surface area contributed by atoms with E-state index in [-0.39, 0.29) is 0 Å². The predicted molar refractivity (Wildman–Crippen MR) is 131 cm³/mol. The maximum atomic E-state index is 10.2. The van der Waals surface area contributed by atoms with Gasteiger partial charge in [0.15, 0.2) is 5.65 Å². The number of hydrogen-bond acceptors (Lipinski definition) is 3. The van der Waals surface area contributed by atoms with Crippen molar-refractivity contribution in [1.82, 2.24) is 9.38 Å². The van der Waals surface area contributed by atoms with Gasteiger partial charge >= 0.3 is 0 Å². The predicted octanol–water partition coefficient (Wildman–Crippen LogP) is 6.41. The van der Waals surface area contributed by atoms with Crippen LogP contribution in [-0.2, 0) is 0 Å². The number of benzene rings is 3. The molecule has 0 amide bonds. The topological polar surface area (TPSA) is 44.3 Å². The highest BCUT2D eigenvalue weighted by Crippen LogP contribution is 2.35. The number of rotatable bonds is 2. The number of nitrogens with zero attached hydrogens (tertiary/aromatic N) is 4. The Morgan fingerprint density at radius 3 is 2.50 bits per heavy atom. The number of imidazole rings is 1. The van der Waals surface area contributed by atoms with Crippen LogP contribution in [0.1, 0.15) is 23.6 Å². The minimum Gasteiger partial charge on any atom is -0.341 e. The van der Waals surface area contributed by atoms with Crippen LogP contribution >= 0.6 is 0 Å². The number of allylic oxidation sites excluding steroid dienone is 1. The monoisotopic (exact) mass is 412 g/mol. The summed E-state index contributed by atoms with van der Waals surface area (Å²) in [6.07, 6.45) is 6.41. The first-order chi connectivity index (χ1) is 15.8. The number of para-hydroxylation sites is 4. The van der Waals surface area contributed by atoms with E-state index in [0.717, 1.165) is 39.7 Å². The fourth-order valence-corrected chi connectivity index (χ4v) is 4.75. The molecule has 0 unspecified atom stereocenters. The van der Waals surface area contributed by atoms with Crippen LogP contribution in [0.4, 0.5) is 5.69 Å². The number of anilines is 1. The first kappa shape index (κ1) is 18.4. The van der Waals surface area contributed by atoms with Gasteiger partial charge in [0.25, 0.3) is 0 Å². The zero-order chi connectivity index (χ0) is 21.7. The molecule has 5 aromatic rings. The summed E-state index contributed by atoms with van der Waals surface area (Å²) < 4.78 is 2.11. The normalized spacial score (nSPS) is 14.4. The second-order valence-corrected chi connectivity index (χ2v) is 7.88. The number of fused-ring (bicyclic) bond motifs is 6. The molecule has 1 aliphatic heterocycles. The van der Waals surface area contributed by atoms with Crippen molar-refractivity contribution >= 4 is 45.4 Å². The van der Waals surface area contributed by atoms with Crippen molar-refractivity contribution in [2.24, 2.45) is 0 Å². The van der Waals surface area contributed by atoms with Gasteiger partial charge in [-0.15, -0.1) is 0 Å². The van der Waals surface area contributed by atoms with Gasteiger partial charge in [-0.05, 0) is 48.9 Å². The molecule has 0 radical (unpaired) electrons. The van der Waals surface area contributed by atoms with Crippen molar-refractivity contribution < 1.29 is 0 Å². The third-order valence-electron chi connectivity index (χ3n) is 6.18. The molecule has 2 aromatic heterocycles. The van der Waals surface area contributed by atoms with Crippen LogP contribution < -0.4 is 4.90 Å². The van der Waals surface area contributed by atoms with Crippen molar-refractivity contribution in [2.75, 3.05) is 11.4 Å². The molecule has 4 heteroatoms. The molecule has 0 saturated heterocycles. The Bertz CT molecular complexity index is 1630. The fraction of sp³-hybridized carbons (Fsp3) is 0.0714. The zero-order valence-electron chi connectivity index (χ0n) is 17.7. The van der Waals surface area contributed by atoms with Crippen molar-refractivity contribution in [3.63, 3.8) is 0 Å². The van der Waals surface area contributed by atoms with E-state index in [9.17, 15) is 5.26 Å². The molecule has 0 N–H and O–H groups in total. The van der Waals surface area contributed by atoms with Crippen molar-refractivity contribution in [3.05, 3.63) is 101 Å². The lowest BCUT2D eigenvalue weighted by molar-refractivity contribution is 0.977. The van der Waals surface area contributed by atoms with Gasteiger partial charge in [0, 0.05) is 28.9 Å². The molecule has 32 heavy (non-hydrogen) atoms. The first-order valence-electron chi connectivity index (χ1n) is 10.8. The number of likely N-dealkylation sites (N-methyl/N-ethyl adjacent to an activating group) is 1. The van der Waals surface area contributed by atoms with Gasteiger partial charge in [0.05, 0.1) is 16.6 Å². The molecule has 0 spiro atoms. The number of nitriles is 1. The molecule has 0 bridgehead atoms. The van der Waals surface area contributed by atoms with Gasteiger partial charge in [-0.3, -0.25) is 4.40 Å². The highest BCUT2D eigenvalue weighted by atomic mass is 15.1. The number of pyridine rings is 1. The standard InChI is InChI=1S/C28H20N4/c1-2-31-20(16-15-19-9-3-6-12-25(19)31)17-22-21-10-4-7-13-26(21)32-27-14-8-5-11-24(27)30-28(32)23(22)18-29/h3-17H,2H2,1H3/b20-17-. The Kier molecular flexibility index (Phi) is 4.09. The van der Waals surface area contributed by atoms with Crippen LogP contribution in [0, 0.1) is 11.3 Å². The SMILES string of the molecule is CCN1/C(=C\c2c(C#N)c3nc4ccccc4n3c3ccccc23)C=Cc2ccccc21. The lowest BCUT2D eigenvalue weighted by Crippen LogP contribution is -2.23. The molecule has 0 atom stereocenters. The van der Waals surface area contributed by atoms with Crippen LogP contribution in [0.2, 0.25) is 0 Å². The minimum atomic E-state index is 0.593. The van der Waals surface area contributed by atoms with Gasteiger partial charge in [-0.2, -0.15) is 5.26 Å². The maximum absolute atomic E-state index is 10.2. The Labute approximate surface area is 186 Å². The molecule has 1 aliphatic rings. The summed E-state index contributed by atoms with van der Waals surface area (Å²) in [5.41, 5.74) is 8.59. The van der Waals surface area contributed by atoms with Crippen LogP contribution in [0.25, 0.3) is 39.7 Å². The second kappa shape index (κ2) is 7.11.